The highest BCUT2D eigenvalue weighted by atomic mass is 16.5. The molecule has 2 heterocycles. The maximum atomic E-state index is 11.0. The van der Waals surface area contributed by atoms with Gasteiger partial charge in [-0.2, -0.15) is 0 Å². The van der Waals surface area contributed by atoms with Crippen LogP contribution in [0.5, 0.6) is 0 Å². The average molecular weight is 339 g/mol. The summed E-state index contributed by atoms with van der Waals surface area (Å²) in [7, 11) is 1.44. The molecule has 2 fully saturated rings. The Kier molecular flexibility index (Phi) is 7.82. The standard InChI is InChI=1S/C18H33N3O3/c1-3-19-17(20-11-7-5-4-6-8-16(22)23-2)21-12-9-18(14-21)10-13-24-15-18/h3-15H2,1-2H3,(H,19,20). The van der Waals surface area contributed by atoms with Gasteiger partial charge in [0.05, 0.1) is 13.7 Å². The molecule has 0 saturated carbocycles. The number of hydrogen-bond acceptors (Lipinski definition) is 4. The number of nitrogens with zero attached hydrogens (tertiary/aromatic N) is 2. The molecule has 6 heteroatoms. The van der Waals surface area contributed by atoms with E-state index >= 15 is 0 Å². The van der Waals surface area contributed by atoms with E-state index in [2.05, 4.69) is 21.9 Å². The first kappa shape index (κ1) is 19.0. The van der Waals surface area contributed by atoms with Gasteiger partial charge in [-0.05, 0) is 32.6 Å². The first-order valence-electron chi connectivity index (χ1n) is 9.37. The van der Waals surface area contributed by atoms with Crippen molar-refractivity contribution in [2.75, 3.05) is 46.5 Å². The van der Waals surface area contributed by atoms with Gasteiger partial charge in [-0.1, -0.05) is 12.8 Å². The lowest BCUT2D eigenvalue weighted by Gasteiger charge is -2.25. The largest absolute Gasteiger partial charge is 0.469 e. The number of carbonyl (C=O) groups is 1. The highest BCUT2D eigenvalue weighted by Crippen LogP contribution is 2.38. The zero-order valence-electron chi connectivity index (χ0n) is 15.3. The van der Waals surface area contributed by atoms with E-state index < -0.39 is 0 Å². The predicted molar refractivity (Wildman–Crippen MR) is 95.1 cm³/mol. The number of aliphatic imine (C=N–C) groups is 1. The van der Waals surface area contributed by atoms with E-state index in [0.717, 1.165) is 71.0 Å². The molecule has 2 aliphatic rings. The SMILES string of the molecule is CCNC(=NCCCCCCC(=O)OC)N1CCC2(CCOC2)C1. The van der Waals surface area contributed by atoms with E-state index in [-0.39, 0.29) is 5.97 Å². The molecular weight excluding hydrogens is 306 g/mol. The molecule has 1 spiro atoms. The van der Waals surface area contributed by atoms with E-state index in [9.17, 15) is 4.79 Å². The second kappa shape index (κ2) is 9.87. The Bertz CT molecular complexity index is 420. The molecule has 0 aliphatic carbocycles. The van der Waals surface area contributed by atoms with Crippen LogP contribution in [0.1, 0.15) is 51.9 Å². The lowest BCUT2D eigenvalue weighted by molar-refractivity contribution is -0.140. The minimum Gasteiger partial charge on any atom is -0.469 e. The summed E-state index contributed by atoms with van der Waals surface area (Å²) in [6, 6.07) is 0. The van der Waals surface area contributed by atoms with Crippen LogP contribution in [0.2, 0.25) is 0 Å². The second-order valence-corrected chi connectivity index (χ2v) is 6.95. The van der Waals surface area contributed by atoms with E-state index in [1.807, 2.05) is 0 Å². The second-order valence-electron chi connectivity index (χ2n) is 6.95. The van der Waals surface area contributed by atoms with Crippen LogP contribution in [0.3, 0.4) is 0 Å². The maximum Gasteiger partial charge on any atom is 0.305 e. The van der Waals surface area contributed by atoms with Crippen molar-refractivity contribution in [3.05, 3.63) is 0 Å². The van der Waals surface area contributed by atoms with Crippen molar-refractivity contribution in [1.82, 2.24) is 10.2 Å². The van der Waals surface area contributed by atoms with Crippen LogP contribution in [0, 0.1) is 5.41 Å². The van der Waals surface area contributed by atoms with Crippen molar-refractivity contribution in [3.63, 3.8) is 0 Å². The number of likely N-dealkylation sites (tertiary alicyclic amines) is 1. The van der Waals surface area contributed by atoms with E-state index in [1.54, 1.807) is 0 Å². The van der Waals surface area contributed by atoms with Crippen molar-refractivity contribution >= 4 is 11.9 Å². The van der Waals surface area contributed by atoms with Crippen molar-refractivity contribution in [1.29, 1.82) is 0 Å². The van der Waals surface area contributed by atoms with Crippen LogP contribution in [0.25, 0.3) is 0 Å². The fourth-order valence-electron chi connectivity index (χ4n) is 3.53. The summed E-state index contributed by atoms with van der Waals surface area (Å²) < 4.78 is 10.3. The third kappa shape index (κ3) is 5.65. The van der Waals surface area contributed by atoms with Crippen molar-refractivity contribution in [2.24, 2.45) is 10.4 Å². The van der Waals surface area contributed by atoms with Crippen LogP contribution in [0.4, 0.5) is 0 Å². The van der Waals surface area contributed by atoms with Gasteiger partial charge in [0.25, 0.3) is 0 Å². The number of rotatable bonds is 8. The van der Waals surface area contributed by atoms with Gasteiger partial charge >= 0.3 is 5.97 Å². The van der Waals surface area contributed by atoms with Gasteiger partial charge in [-0.15, -0.1) is 0 Å². The van der Waals surface area contributed by atoms with Gasteiger partial charge in [0.1, 0.15) is 0 Å². The monoisotopic (exact) mass is 339 g/mol. The Morgan fingerprint density at radius 1 is 1.29 bits per heavy atom. The lowest BCUT2D eigenvalue weighted by atomic mass is 9.87. The number of nitrogens with one attached hydrogen (secondary N) is 1. The minimum absolute atomic E-state index is 0.110. The zero-order chi connectivity index (χ0) is 17.3. The van der Waals surface area contributed by atoms with Gasteiger partial charge in [-0.3, -0.25) is 9.79 Å². The summed E-state index contributed by atoms with van der Waals surface area (Å²) in [5, 5.41) is 3.43. The summed E-state index contributed by atoms with van der Waals surface area (Å²) in [6.07, 6.45) is 7.07. The Labute approximate surface area is 146 Å². The Morgan fingerprint density at radius 3 is 2.83 bits per heavy atom. The van der Waals surface area contributed by atoms with Crippen LogP contribution in [-0.4, -0.2) is 63.3 Å². The smallest absolute Gasteiger partial charge is 0.305 e. The fourth-order valence-corrected chi connectivity index (χ4v) is 3.53. The number of esters is 1. The molecule has 0 aromatic heterocycles. The van der Waals surface area contributed by atoms with Crippen molar-refractivity contribution < 1.29 is 14.3 Å². The van der Waals surface area contributed by atoms with Crippen LogP contribution >= 0.6 is 0 Å². The molecule has 24 heavy (non-hydrogen) atoms. The molecule has 0 bridgehead atoms. The highest BCUT2D eigenvalue weighted by Gasteiger charge is 2.42. The van der Waals surface area contributed by atoms with E-state index in [1.165, 1.54) is 20.0 Å². The van der Waals surface area contributed by atoms with Gasteiger partial charge in [0.2, 0.25) is 0 Å². The molecule has 2 aliphatic heterocycles. The molecule has 0 radical (unpaired) electrons. The number of hydrogen-bond donors (Lipinski definition) is 1. The number of guanidine groups is 1. The van der Waals surface area contributed by atoms with E-state index in [4.69, 9.17) is 9.73 Å². The Hall–Kier alpha value is -1.30. The quantitative estimate of drug-likeness (QED) is 0.318. The van der Waals surface area contributed by atoms with Gasteiger partial charge < -0.3 is 19.7 Å². The van der Waals surface area contributed by atoms with Crippen LogP contribution in [0.15, 0.2) is 4.99 Å². The van der Waals surface area contributed by atoms with Crippen LogP contribution < -0.4 is 5.32 Å². The van der Waals surface area contributed by atoms with Gasteiger partial charge in [0, 0.05) is 44.6 Å². The molecule has 0 amide bonds. The van der Waals surface area contributed by atoms with E-state index in [0.29, 0.717) is 11.8 Å². The summed E-state index contributed by atoms with van der Waals surface area (Å²) in [4.78, 5) is 18.2. The number of carbonyl (C=O) groups excluding carboxylic acids is 1. The molecule has 1 atom stereocenters. The number of methoxy groups -OCH3 is 1. The van der Waals surface area contributed by atoms with Crippen molar-refractivity contribution in [3.8, 4) is 0 Å². The van der Waals surface area contributed by atoms with Gasteiger partial charge in [0.15, 0.2) is 5.96 Å². The first-order chi connectivity index (χ1) is 11.7. The van der Waals surface area contributed by atoms with Crippen LogP contribution in [-0.2, 0) is 14.3 Å². The summed E-state index contributed by atoms with van der Waals surface area (Å²) in [6.45, 7) is 7.83. The number of unbranched alkanes of at least 4 members (excludes halogenated alkanes) is 3. The minimum atomic E-state index is -0.110. The summed E-state index contributed by atoms with van der Waals surface area (Å²) in [5.41, 5.74) is 0.365. The molecule has 0 aromatic carbocycles. The Balaban J connectivity index is 1.68. The molecule has 1 N–H and O–H groups in total. The molecule has 2 saturated heterocycles. The first-order valence-corrected chi connectivity index (χ1v) is 9.37. The third-order valence-corrected chi connectivity index (χ3v) is 5.04. The molecule has 2 rings (SSSR count). The van der Waals surface area contributed by atoms with Gasteiger partial charge in [-0.25, -0.2) is 0 Å². The Morgan fingerprint density at radius 2 is 2.12 bits per heavy atom. The predicted octanol–water partition coefficient (Wildman–Crippen LogP) is 2.19. The normalized spacial score (nSPS) is 23.9. The summed E-state index contributed by atoms with van der Waals surface area (Å²) in [5.74, 6) is 0.942. The van der Waals surface area contributed by atoms with Crippen molar-refractivity contribution in [2.45, 2.75) is 51.9 Å². The third-order valence-electron chi connectivity index (χ3n) is 5.04. The maximum absolute atomic E-state index is 11.0. The lowest BCUT2D eigenvalue weighted by Crippen LogP contribution is -2.41. The fraction of sp³-hybridized carbons (Fsp3) is 0.889. The molecule has 138 valence electrons. The molecule has 1 unspecified atom stereocenters. The topological polar surface area (TPSA) is 63.2 Å². The molecular formula is C18H33N3O3. The number of ether oxygens (including phenoxy) is 2. The summed E-state index contributed by atoms with van der Waals surface area (Å²) >= 11 is 0. The molecule has 0 aromatic rings. The highest BCUT2D eigenvalue weighted by molar-refractivity contribution is 5.80. The average Bonchev–Trinajstić information content (AvgIpc) is 3.23. The molecule has 6 nitrogen and oxygen atoms in total. The zero-order valence-corrected chi connectivity index (χ0v) is 15.3.